The third-order valence-electron chi connectivity index (χ3n) is 3.76. The lowest BCUT2D eigenvalue weighted by Gasteiger charge is -2.37. The molecule has 3 aliphatic rings. The van der Waals surface area contributed by atoms with E-state index in [1.165, 1.54) is 11.1 Å². The molecule has 2 nitrogen and oxygen atoms in total. The number of rotatable bonds is 0. The van der Waals surface area contributed by atoms with E-state index in [1.807, 2.05) is 6.92 Å². The summed E-state index contributed by atoms with van der Waals surface area (Å²) in [5, 5.41) is 0. The molecule has 0 unspecified atom stereocenters. The van der Waals surface area contributed by atoms with Gasteiger partial charge in [-0.25, -0.2) is 0 Å². The zero-order chi connectivity index (χ0) is 11.1. The van der Waals surface area contributed by atoms with Crippen LogP contribution in [0.2, 0.25) is 0 Å². The SMILES string of the molecule is C[C@@H]1O[C@H](C)[C@@H]2CC3=C(C=CCC=C3)[C@@H]2O1. The van der Waals surface area contributed by atoms with Gasteiger partial charge in [-0.1, -0.05) is 24.3 Å². The van der Waals surface area contributed by atoms with Crippen molar-refractivity contribution in [3.05, 3.63) is 35.5 Å². The first-order chi connectivity index (χ1) is 7.75. The minimum Gasteiger partial charge on any atom is -0.350 e. The molecule has 3 rings (SSSR count). The van der Waals surface area contributed by atoms with Crippen molar-refractivity contribution in [1.29, 1.82) is 0 Å². The van der Waals surface area contributed by atoms with Crippen LogP contribution < -0.4 is 0 Å². The van der Waals surface area contributed by atoms with Gasteiger partial charge >= 0.3 is 0 Å². The molecule has 2 heteroatoms. The van der Waals surface area contributed by atoms with Gasteiger partial charge < -0.3 is 9.47 Å². The van der Waals surface area contributed by atoms with Crippen molar-refractivity contribution in [2.45, 2.75) is 45.2 Å². The number of hydrogen-bond donors (Lipinski definition) is 0. The molecule has 1 aliphatic heterocycles. The van der Waals surface area contributed by atoms with Crippen LogP contribution in [-0.4, -0.2) is 18.5 Å². The van der Waals surface area contributed by atoms with Crippen LogP contribution in [0.15, 0.2) is 35.5 Å². The minimum absolute atomic E-state index is 0.0799. The molecule has 1 heterocycles. The van der Waals surface area contributed by atoms with Gasteiger partial charge in [0, 0.05) is 5.92 Å². The summed E-state index contributed by atoms with van der Waals surface area (Å²) in [5.41, 5.74) is 2.81. The largest absolute Gasteiger partial charge is 0.350 e. The van der Waals surface area contributed by atoms with Crippen molar-refractivity contribution in [2.24, 2.45) is 5.92 Å². The van der Waals surface area contributed by atoms with Gasteiger partial charge in [-0.3, -0.25) is 0 Å². The topological polar surface area (TPSA) is 18.5 Å². The van der Waals surface area contributed by atoms with Crippen LogP contribution >= 0.6 is 0 Å². The van der Waals surface area contributed by atoms with Gasteiger partial charge in [0.15, 0.2) is 6.29 Å². The Bertz CT molecular complexity index is 378. The molecular weight excluding hydrogens is 200 g/mol. The Labute approximate surface area is 96.6 Å². The first-order valence-corrected chi connectivity index (χ1v) is 6.13. The van der Waals surface area contributed by atoms with Crippen molar-refractivity contribution in [1.82, 2.24) is 0 Å². The van der Waals surface area contributed by atoms with Crippen molar-refractivity contribution in [3.8, 4) is 0 Å². The van der Waals surface area contributed by atoms with Crippen molar-refractivity contribution < 1.29 is 9.47 Å². The predicted octanol–water partition coefficient (Wildman–Crippen LogP) is 2.97. The summed E-state index contributed by atoms with van der Waals surface area (Å²) in [4.78, 5) is 0. The van der Waals surface area contributed by atoms with Crippen LogP contribution in [0.4, 0.5) is 0 Å². The van der Waals surface area contributed by atoms with E-state index in [2.05, 4.69) is 31.2 Å². The molecule has 86 valence electrons. The summed E-state index contributed by atoms with van der Waals surface area (Å²) in [6.45, 7) is 4.15. The molecule has 0 bridgehead atoms. The molecule has 0 N–H and O–H groups in total. The molecule has 2 aliphatic carbocycles. The Morgan fingerprint density at radius 1 is 1.12 bits per heavy atom. The molecule has 0 aromatic heterocycles. The molecule has 1 fully saturated rings. The van der Waals surface area contributed by atoms with Crippen molar-refractivity contribution in [2.75, 3.05) is 0 Å². The van der Waals surface area contributed by atoms with E-state index in [1.54, 1.807) is 0 Å². The highest BCUT2D eigenvalue weighted by molar-refractivity contribution is 5.43. The Balaban J connectivity index is 1.93. The predicted molar refractivity (Wildman–Crippen MR) is 62.9 cm³/mol. The summed E-state index contributed by atoms with van der Waals surface area (Å²) < 4.78 is 11.7. The third kappa shape index (κ3) is 1.57. The monoisotopic (exact) mass is 218 g/mol. The molecule has 0 spiro atoms. The summed E-state index contributed by atoms with van der Waals surface area (Å²) in [5.74, 6) is 0.494. The number of fused-ring (bicyclic) bond motifs is 2. The quantitative estimate of drug-likeness (QED) is 0.622. The number of ether oxygens (including phenoxy) is 2. The average Bonchev–Trinajstić information content (AvgIpc) is 2.46. The standard InChI is InChI=1S/C14H18O2/c1-9-13-8-11-6-4-3-5-7-12(11)14(13)16-10(2)15-9/h4-7,9-10,13-14H,3,8H2,1-2H3/t9-,10-,13+,14+/m1/s1. The van der Waals surface area contributed by atoms with Crippen LogP contribution in [0.5, 0.6) is 0 Å². The van der Waals surface area contributed by atoms with Crippen molar-refractivity contribution in [3.63, 3.8) is 0 Å². The molecule has 1 saturated heterocycles. The van der Waals surface area contributed by atoms with Crippen LogP contribution in [0, 0.1) is 5.92 Å². The first-order valence-electron chi connectivity index (χ1n) is 6.13. The number of allylic oxidation sites excluding steroid dienone is 4. The summed E-state index contributed by atoms with van der Waals surface area (Å²) >= 11 is 0. The maximum atomic E-state index is 5.94. The maximum absolute atomic E-state index is 5.94. The molecule has 0 radical (unpaired) electrons. The summed E-state index contributed by atoms with van der Waals surface area (Å²) in [6, 6.07) is 0. The van der Waals surface area contributed by atoms with E-state index in [-0.39, 0.29) is 12.4 Å². The van der Waals surface area contributed by atoms with Crippen LogP contribution in [-0.2, 0) is 9.47 Å². The second kappa shape index (κ2) is 3.86. The molecular formula is C14H18O2. The maximum Gasteiger partial charge on any atom is 0.156 e. The fourth-order valence-corrected chi connectivity index (χ4v) is 2.97. The van der Waals surface area contributed by atoms with Crippen LogP contribution in [0.25, 0.3) is 0 Å². The van der Waals surface area contributed by atoms with Crippen molar-refractivity contribution >= 4 is 0 Å². The van der Waals surface area contributed by atoms with Gasteiger partial charge in [0.05, 0.1) is 12.2 Å². The highest BCUT2D eigenvalue weighted by Crippen LogP contribution is 2.42. The van der Waals surface area contributed by atoms with Gasteiger partial charge in [-0.15, -0.1) is 0 Å². The van der Waals surface area contributed by atoms with Gasteiger partial charge in [0.25, 0.3) is 0 Å². The van der Waals surface area contributed by atoms with Gasteiger partial charge in [-0.05, 0) is 37.8 Å². The van der Waals surface area contributed by atoms with E-state index in [4.69, 9.17) is 9.47 Å². The van der Waals surface area contributed by atoms with E-state index >= 15 is 0 Å². The molecule has 4 atom stereocenters. The lowest BCUT2D eigenvalue weighted by Crippen LogP contribution is -2.42. The molecule has 0 aromatic rings. The Morgan fingerprint density at radius 2 is 1.94 bits per heavy atom. The Hall–Kier alpha value is -0.860. The zero-order valence-corrected chi connectivity index (χ0v) is 9.85. The van der Waals surface area contributed by atoms with E-state index < -0.39 is 0 Å². The lowest BCUT2D eigenvalue weighted by atomic mass is 9.94. The highest BCUT2D eigenvalue weighted by Gasteiger charge is 2.42. The first kappa shape index (κ1) is 10.3. The second-order valence-corrected chi connectivity index (χ2v) is 4.85. The summed E-state index contributed by atoms with van der Waals surface area (Å²) in [6.07, 6.45) is 11.5. The molecule has 16 heavy (non-hydrogen) atoms. The fraction of sp³-hybridized carbons (Fsp3) is 0.571. The third-order valence-corrected chi connectivity index (χ3v) is 3.76. The summed E-state index contributed by atoms with van der Waals surface area (Å²) in [7, 11) is 0. The lowest BCUT2D eigenvalue weighted by molar-refractivity contribution is -0.242. The molecule has 0 saturated carbocycles. The fourth-order valence-electron chi connectivity index (χ4n) is 2.97. The van der Waals surface area contributed by atoms with Gasteiger partial charge in [0.2, 0.25) is 0 Å². The second-order valence-electron chi connectivity index (χ2n) is 4.85. The van der Waals surface area contributed by atoms with Gasteiger partial charge in [-0.2, -0.15) is 0 Å². The highest BCUT2D eigenvalue weighted by atomic mass is 16.7. The normalized spacial score (nSPS) is 41.9. The van der Waals surface area contributed by atoms with E-state index in [9.17, 15) is 0 Å². The van der Waals surface area contributed by atoms with E-state index in [0.717, 1.165) is 12.8 Å². The zero-order valence-electron chi connectivity index (χ0n) is 9.85. The average molecular weight is 218 g/mol. The van der Waals surface area contributed by atoms with E-state index in [0.29, 0.717) is 12.0 Å². The van der Waals surface area contributed by atoms with Crippen LogP contribution in [0.1, 0.15) is 26.7 Å². The minimum atomic E-state index is -0.0799. The number of hydrogen-bond acceptors (Lipinski definition) is 2. The molecule has 0 amide bonds. The van der Waals surface area contributed by atoms with Crippen LogP contribution in [0.3, 0.4) is 0 Å². The molecule has 0 aromatic carbocycles. The van der Waals surface area contributed by atoms with Gasteiger partial charge in [0.1, 0.15) is 0 Å². The Kier molecular flexibility index (Phi) is 2.49. The Morgan fingerprint density at radius 3 is 2.81 bits per heavy atom. The smallest absolute Gasteiger partial charge is 0.156 e.